The molecule has 7 heteroatoms. The number of nitrogens with one attached hydrogen (secondary N) is 1. The van der Waals surface area contributed by atoms with Crippen molar-refractivity contribution in [2.45, 2.75) is 19.5 Å². The summed E-state index contributed by atoms with van der Waals surface area (Å²) in [5.74, 6) is 1.62. The fourth-order valence-corrected chi connectivity index (χ4v) is 3.40. The molecular formula is C25H24FN3O3. The molecule has 0 saturated heterocycles. The first-order valence-electron chi connectivity index (χ1n) is 10.4. The van der Waals surface area contributed by atoms with Crippen molar-refractivity contribution in [1.29, 1.82) is 0 Å². The van der Waals surface area contributed by atoms with Crippen LogP contribution >= 0.6 is 0 Å². The molecule has 1 unspecified atom stereocenters. The Bertz CT molecular complexity index is 1160. The topological polar surface area (TPSA) is 69.4 Å². The predicted molar refractivity (Wildman–Crippen MR) is 119 cm³/mol. The van der Waals surface area contributed by atoms with Crippen LogP contribution in [0, 0.1) is 5.82 Å². The predicted octanol–water partition coefficient (Wildman–Crippen LogP) is 5.16. The number of hydrogen-bond donors (Lipinski definition) is 1. The normalized spacial score (nSPS) is 11.8. The molecule has 0 bridgehead atoms. The van der Waals surface area contributed by atoms with E-state index in [0.717, 1.165) is 11.1 Å². The largest absolute Gasteiger partial charge is 0.493 e. The molecule has 0 aliphatic heterocycles. The number of benzene rings is 3. The number of ether oxygens (including phenoxy) is 2. The van der Waals surface area contributed by atoms with Gasteiger partial charge in [0.25, 0.3) is 0 Å². The van der Waals surface area contributed by atoms with E-state index in [0.29, 0.717) is 36.1 Å². The SMILES string of the molecule is CCOc1ccc(CNC(c2nnc(-c3ccccc3)o2)c2ccccc2F)cc1OC. The van der Waals surface area contributed by atoms with Crippen molar-refractivity contribution in [3.8, 4) is 23.0 Å². The molecule has 0 aliphatic rings. The van der Waals surface area contributed by atoms with E-state index in [-0.39, 0.29) is 11.7 Å². The van der Waals surface area contributed by atoms with E-state index in [4.69, 9.17) is 13.9 Å². The van der Waals surface area contributed by atoms with Crippen LogP contribution in [-0.4, -0.2) is 23.9 Å². The maximum absolute atomic E-state index is 14.7. The lowest BCUT2D eigenvalue weighted by atomic mass is 10.1. The molecule has 0 amide bonds. The molecular weight excluding hydrogens is 409 g/mol. The minimum absolute atomic E-state index is 0.284. The van der Waals surface area contributed by atoms with Gasteiger partial charge in [0, 0.05) is 17.7 Å². The van der Waals surface area contributed by atoms with E-state index in [1.54, 1.807) is 25.3 Å². The van der Waals surface area contributed by atoms with Crippen LogP contribution < -0.4 is 14.8 Å². The van der Waals surface area contributed by atoms with Crippen LogP contribution in [0.25, 0.3) is 11.5 Å². The van der Waals surface area contributed by atoms with Gasteiger partial charge < -0.3 is 13.9 Å². The van der Waals surface area contributed by atoms with E-state index >= 15 is 0 Å². The first-order chi connectivity index (χ1) is 15.7. The number of aromatic nitrogens is 2. The number of nitrogens with zero attached hydrogens (tertiary/aromatic N) is 2. The fraction of sp³-hybridized carbons (Fsp3) is 0.200. The number of methoxy groups -OCH3 is 1. The summed E-state index contributed by atoms with van der Waals surface area (Å²) in [4.78, 5) is 0. The molecule has 0 spiro atoms. The molecule has 0 saturated carbocycles. The monoisotopic (exact) mass is 433 g/mol. The average molecular weight is 433 g/mol. The second-order valence-electron chi connectivity index (χ2n) is 7.07. The summed E-state index contributed by atoms with van der Waals surface area (Å²) < 4.78 is 31.6. The fourth-order valence-electron chi connectivity index (χ4n) is 3.40. The van der Waals surface area contributed by atoms with Crippen LogP contribution in [0.1, 0.15) is 30.0 Å². The molecule has 32 heavy (non-hydrogen) atoms. The van der Waals surface area contributed by atoms with E-state index in [9.17, 15) is 4.39 Å². The van der Waals surface area contributed by atoms with E-state index in [1.807, 2.05) is 55.5 Å². The maximum atomic E-state index is 14.7. The lowest BCUT2D eigenvalue weighted by molar-refractivity contribution is 0.310. The summed E-state index contributed by atoms with van der Waals surface area (Å²) in [6.45, 7) is 2.89. The van der Waals surface area contributed by atoms with Crippen LogP contribution in [0.15, 0.2) is 77.2 Å². The molecule has 0 aliphatic carbocycles. The van der Waals surface area contributed by atoms with Crippen LogP contribution in [-0.2, 0) is 6.54 Å². The molecule has 4 aromatic rings. The van der Waals surface area contributed by atoms with Crippen molar-refractivity contribution >= 4 is 0 Å². The minimum atomic E-state index is -0.626. The molecule has 164 valence electrons. The number of halogens is 1. The third kappa shape index (κ3) is 4.78. The molecule has 4 rings (SSSR count). The summed E-state index contributed by atoms with van der Waals surface area (Å²) in [7, 11) is 1.60. The Morgan fingerprint density at radius 1 is 0.969 bits per heavy atom. The van der Waals surface area contributed by atoms with Crippen LogP contribution in [0.2, 0.25) is 0 Å². The zero-order chi connectivity index (χ0) is 22.3. The van der Waals surface area contributed by atoms with Crippen molar-refractivity contribution in [1.82, 2.24) is 15.5 Å². The summed E-state index contributed by atoms with van der Waals surface area (Å²) in [6, 6.07) is 21.1. The van der Waals surface area contributed by atoms with Crippen molar-refractivity contribution < 1.29 is 18.3 Å². The summed E-state index contributed by atoms with van der Waals surface area (Å²) in [5.41, 5.74) is 2.16. The van der Waals surface area contributed by atoms with Crippen molar-refractivity contribution in [2.24, 2.45) is 0 Å². The van der Waals surface area contributed by atoms with Gasteiger partial charge in [0.15, 0.2) is 11.5 Å². The number of hydrogen-bond acceptors (Lipinski definition) is 6. The van der Waals surface area contributed by atoms with Gasteiger partial charge in [0.1, 0.15) is 11.9 Å². The van der Waals surface area contributed by atoms with Gasteiger partial charge in [-0.2, -0.15) is 0 Å². The van der Waals surface area contributed by atoms with Gasteiger partial charge in [0.2, 0.25) is 11.8 Å². The van der Waals surface area contributed by atoms with Gasteiger partial charge in [-0.05, 0) is 42.8 Å². The Morgan fingerprint density at radius 2 is 1.75 bits per heavy atom. The molecule has 1 aromatic heterocycles. The molecule has 1 atom stereocenters. The first kappa shape index (κ1) is 21.5. The van der Waals surface area contributed by atoms with Crippen LogP contribution in [0.3, 0.4) is 0 Å². The molecule has 0 fully saturated rings. The van der Waals surface area contributed by atoms with Gasteiger partial charge in [-0.3, -0.25) is 5.32 Å². The molecule has 1 heterocycles. The Labute approximate surface area is 186 Å². The van der Waals surface area contributed by atoms with Crippen molar-refractivity contribution in [2.75, 3.05) is 13.7 Å². The minimum Gasteiger partial charge on any atom is -0.493 e. The Kier molecular flexibility index (Phi) is 6.77. The second kappa shape index (κ2) is 10.1. The highest BCUT2D eigenvalue weighted by Crippen LogP contribution is 2.30. The van der Waals surface area contributed by atoms with Gasteiger partial charge in [-0.25, -0.2) is 4.39 Å². The third-order valence-electron chi connectivity index (χ3n) is 4.96. The Balaban J connectivity index is 1.62. The molecule has 6 nitrogen and oxygen atoms in total. The van der Waals surface area contributed by atoms with E-state index in [2.05, 4.69) is 15.5 Å². The smallest absolute Gasteiger partial charge is 0.247 e. The van der Waals surface area contributed by atoms with Crippen molar-refractivity contribution in [3.63, 3.8) is 0 Å². The quantitative estimate of drug-likeness (QED) is 0.393. The van der Waals surface area contributed by atoms with E-state index in [1.165, 1.54) is 6.07 Å². The third-order valence-corrected chi connectivity index (χ3v) is 4.96. The Morgan fingerprint density at radius 3 is 2.50 bits per heavy atom. The highest BCUT2D eigenvalue weighted by atomic mass is 19.1. The zero-order valence-corrected chi connectivity index (χ0v) is 17.9. The molecule has 1 N–H and O–H groups in total. The highest BCUT2D eigenvalue weighted by Gasteiger charge is 2.24. The van der Waals surface area contributed by atoms with E-state index < -0.39 is 6.04 Å². The van der Waals surface area contributed by atoms with Crippen LogP contribution in [0.5, 0.6) is 11.5 Å². The standard InChI is InChI=1S/C25H24FN3O3/c1-3-31-21-14-13-17(15-22(21)30-2)16-27-23(19-11-7-8-12-20(19)26)25-29-28-24(32-25)18-9-5-4-6-10-18/h4-15,23,27H,3,16H2,1-2H3. The number of rotatable bonds is 9. The lowest BCUT2D eigenvalue weighted by Crippen LogP contribution is -2.23. The van der Waals surface area contributed by atoms with Gasteiger partial charge in [-0.15, -0.1) is 10.2 Å². The van der Waals surface area contributed by atoms with Crippen LogP contribution in [0.4, 0.5) is 4.39 Å². The summed E-state index contributed by atoms with van der Waals surface area (Å²) >= 11 is 0. The summed E-state index contributed by atoms with van der Waals surface area (Å²) in [6.07, 6.45) is 0. The van der Waals surface area contributed by atoms with Gasteiger partial charge in [0.05, 0.1) is 13.7 Å². The first-order valence-corrected chi connectivity index (χ1v) is 10.4. The van der Waals surface area contributed by atoms with Gasteiger partial charge >= 0.3 is 0 Å². The maximum Gasteiger partial charge on any atom is 0.247 e. The van der Waals surface area contributed by atoms with Crippen molar-refractivity contribution in [3.05, 3.63) is 95.6 Å². The Hall–Kier alpha value is -3.71. The average Bonchev–Trinajstić information content (AvgIpc) is 3.32. The molecule has 3 aromatic carbocycles. The lowest BCUT2D eigenvalue weighted by Gasteiger charge is -2.17. The van der Waals surface area contributed by atoms with Gasteiger partial charge in [-0.1, -0.05) is 42.5 Å². The zero-order valence-electron chi connectivity index (χ0n) is 17.9. The highest BCUT2D eigenvalue weighted by molar-refractivity contribution is 5.52. The summed E-state index contributed by atoms with van der Waals surface area (Å²) in [5, 5.41) is 11.7. The molecule has 0 radical (unpaired) electrons. The second-order valence-corrected chi connectivity index (χ2v) is 7.07.